The molecular formula is C18H15N3O2S. The van der Waals surface area contributed by atoms with Gasteiger partial charge in [0, 0.05) is 24.5 Å². The number of nitriles is 1. The summed E-state index contributed by atoms with van der Waals surface area (Å²) in [4.78, 5) is 3.08. The fraction of sp³-hybridized carbons (Fsp3) is 0.0556. The highest BCUT2D eigenvalue weighted by Crippen LogP contribution is 2.22. The normalized spacial score (nSPS) is 11.0. The van der Waals surface area contributed by atoms with Gasteiger partial charge in [-0.15, -0.1) is 0 Å². The molecule has 5 nitrogen and oxygen atoms in total. The van der Waals surface area contributed by atoms with Crippen molar-refractivity contribution in [1.29, 1.82) is 5.26 Å². The minimum absolute atomic E-state index is 0.218. The summed E-state index contributed by atoms with van der Waals surface area (Å²) in [7, 11) is -3.70. The van der Waals surface area contributed by atoms with Crippen LogP contribution in [0.25, 0.3) is 0 Å². The van der Waals surface area contributed by atoms with Gasteiger partial charge in [0.15, 0.2) is 0 Å². The lowest BCUT2D eigenvalue weighted by Crippen LogP contribution is -2.14. The van der Waals surface area contributed by atoms with Gasteiger partial charge in [-0.05, 0) is 35.4 Å². The van der Waals surface area contributed by atoms with Crippen molar-refractivity contribution in [2.24, 2.45) is 0 Å². The highest BCUT2D eigenvalue weighted by molar-refractivity contribution is 7.92. The molecule has 0 fully saturated rings. The van der Waals surface area contributed by atoms with Crippen molar-refractivity contribution >= 4 is 15.7 Å². The second-order valence-electron chi connectivity index (χ2n) is 5.30. The van der Waals surface area contributed by atoms with E-state index in [4.69, 9.17) is 5.26 Å². The van der Waals surface area contributed by atoms with Crippen LogP contribution in [0, 0.1) is 11.3 Å². The average Bonchev–Trinajstić information content (AvgIpc) is 3.05. The van der Waals surface area contributed by atoms with Crippen LogP contribution in [0.1, 0.15) is 16.7 Å². The summed E-state index contributed by atoms with van der Waals surface area (Å²) in [5.74, 6) is 0. The van der Waals surface area contributed by atoms with E-state index in [-0.39, 0.29) is 4.90 Å². The minimum Gasteiger partial charge on any atom is -0.366 e. The molecule has 0 saturated carbocycles. The van der Waals surface area contributed by atoms with Gasteiger partial charge in [-0.3, -0.25) is 4.72 Å². The zero-order valence-electron chi connectivity index (χ0n) is 12.7. The van der Waals surface area contributed by atoms with E-state index in [1.807, 2.05) is 36.4 Å². The monoisotopic (exact) mass is 337 g/mol. The Morgan fingerprint density at radius 1 is 1.00 bits per heavy atom. The number of nitrogens with one attached hydrogen (secondary N) is 2. The van der Waals surface area contributed by atoms with Gasteiger partial charge < -0.3 is 4.98 Å². The molecule has 1 aromatic heterocycles. The Balaban J connectivity index is 1.85. The van der Waals surface area contributed by atoms with Crippen LogP contribution in [0.2, 0.25) is 0 Å². The molecule has 0 atom stereocenters. The van der Waals surface area contributed by atoms with Crippen LogP contribution in [0.4, 0.5) is 5.69 Å². The lowest BCUT2D eigenvalue weighted by Gasteiger charge is -2.09. The standard InChI is InChI=1S/C18H15N3O2S/c19-11-15-6-8-17(9-7-15)21-24(22,23)18-13-20-12-16(18)10-14-4-2-1-3-5-14/h1-9,12-13,20-21H,10H2. The lowest BCUT2D eigenvalue weighted by molar-refractivity contribution is 0.600. The van der Waals surface area contributed by atoms with Crippen LogP contribution in [-0.4, -0.2) is 13.4 Å². The topological polar surface area (TPSA) is 85.8 Å². The Hall–Kier alpha value is -3.04. The maximum atomic E-state index is 12.6. The van der Waals surface area contributed by atoms with Crippen LogP contribution >= 0.6 is 0 Å². The number of anilines is 1. The van der Waals surface area contributed by atoms with Gasteiger partial charge in [-0.2, -0.15) is 5.26 Å². The molecule has 2 aromatic carbocycles. The Labute approximate surface area is 140 Å². The molecule has 0 unspecified atom stereocenters. The quantitative estimate of drug-likeness (QED) is 0.749. The Morgan fingerprint density at radius 2 is 1.71 bits per heavy atom. The molecular weight excluding hydrogens is 322 g/mol. The minimum atomic E-state index is -3.70. The zero-order chi connectivity index (χ0) is 17.0. The van der Waals surface area contributed by atoms with Gasteiger partial charge in [-0.1, -0.05) is 30.3 Å². The zero-order valence-corrected chi connectivity index (χ0v) is 13.5. The van der Waals surface area contributed by atoms with Crippen molar-refractivity contribution in [1.82, 2.24) is 4.98 Å². The summed E-state index contributed by atoms with van der Waals surface area (Å²) >= 11 is 0. The Morgan fingerprint density at radius 3 is 2.38 bits per heavy atom. The van der Waals surface area contributed by atoms with E-state index in [0.29, 0.717) is 23.2 Å². The van der Waals surface area contributed by atoms with E-state index < -0.39 is 10.0 Å². The molecule has 0 radical (unpaired) electrons. The van der Waals surface area contributed by atoms with Crippen LogP contribution in [0.15, 0.2) is 71.9 Å². The molecule has 2 N–H and O–H groups in total. The SMILES string of the molecule is N#Cc1ccc(NS(=O)(=O)c2c[nH]cc2Cc2ccccc2)cc1. The highest BCUT2D eigenvalue weighted by atomic mass is 32.2. The molecule has 3 aromatic rings. The first-order valence-electron chi connectivity index (χ1n) is 7.31. The van der Waals surface area contributed by atoms with E-state index in [2.05, 4.69) is 9.71 Å². The second kappa shape index (κ2) is 6.60. The van der Waals surface area contributed by atoms with E-state index in [9.17, 15) is 8.42 Å². The van der Waals surface area contributed by atoms with Crippen molar-refractivity contribution in [3.05, 3.63) is 83.7 Å². The molecule has 0 bridgehead atoms. The summed E-state index contributed by atoms with van der Waals surface area (Å²) < 4.78 is 27.8. The van der Waals surface area contributed by atoms with Crippen molar-refractivity contribution in [2.75, 3.05) is 4.72 Å². The van der Waals surface area contributed by atoms with Gasteiger partial charge >= 0.3 is 0 Å². The van der Waals surface area contributed by atoms with Crippen molar-refractivity contribution in [2.45, 2.75) is 11.3 Å². The number of aromatic nitrogens is 1. The molecule has 120 valence electrons. The molecule has 0 spiro atoms. The lowest BCUT2D eigenvalue weighted by atomic mass is 10.1. The van der Waals surface area contributed by atoms with Gasteiger partial charge in [-0.25, -0.2) is 8.42 Å². The van der Waals surface area contributed by atoms with Gasteiger partial charge in [0.25, 0.3) is 10.0 Å². The van der Waals surface area contributed by atoms with E-state index in [1.54, 1.807) is 30.5 Å². The first-order valence-corrected chi connectivity index (χ1v) is 8.79. The Kier molecular flexibility index (Phi) is 4.36. The number of benzene rings is 2. The smallest absolute Gasteiger partial charge is 0.263 e. The third-order valence-electron chi connectivity index (χ3n) is 3.58. The fourth-order valence-electron chi connectivity index (χ4n) is 2.41. The molecule has 24 heavy (non-hydrogen) atoms. The van der Waals surface area contributed by atoms with E-state index >= 15 is 0 Å². The summed E-state index contributed by atoms with van der Waals surface area (Å²) in [6, 6.07) is 18.0. The van der Waals surface area contributed by atoms with Crippen LogP contribution in [0.5, 0.6) is 0 Å². The van der Waals surface area contributed by atoms with Crippen LogP contribution < -0.4 is 4.72 Å². The van der Waals surface area contributed by atoms with Crippen molar-refractivity contribution < 1.29 is 8.42 Å². The predicted molar refractivity (Wildman–Crippen MR) is 92.0 cm³/mol. The fourth-order valence-corrected chi connectivity index (χ4v) is 3.66. The third kappa shape index (κ3) is 3.47. The maximum Gasteiger partial charge on any atom is 0.263 e. The number of hydrogen-bond acceptors (Lipinski definition) is 3. The van der Waals surface area contributed by atoms with E-state index in [1.165, 1.54) is 6.20 Å². The highest BCUT2D eigenvalue weighted by Gasteiger charge is 2.19. The number of aromatic amines is 1. The maximum absolute atomic E-state index is 12.6. The summed E-state index contributed by atoms with van der Waals surface area (Å²) in [5, 5.41) is 8.80. The molecule has 0 aliphatic carbocycles. The first-order chi connectivity index (χ1) is 11.6. The summed E-state index contributed by atoms with van der Waals surface area (Å²) in [6.45, 7) is 0. The second-order valence-corrected chi connectivity index (χ2v) is 6.95. The number of H-pyrrole nitrogens is 1. The molecule has 1 heterocycles. The number of nitrogens with zero attached hydrogens (tertiary/aromatic N) is 1. The predicted octanol–water partition coefficient (Wildman–Crippen LogP) is 3.28. The molecule has 6 heteroatoms. The number of hydrogen-bond donors (Lipinski definition) is 2. The van der Waals surface area contributed by atoms with Crippen molar-refractivity contribution in [3.8, 4) is 6.07 Å². The molecule has 0 amide bonds. The van der Waals surface area contributed by atoms with Crippen LogP contribution in [-0.2, 0) is 16.4 Å². The third-order valence-corrected chi connectivity index (χ3v) is 5.05. The molecule has 0 saturated heterocycles. The van der Waals surface area contributed by atoms with Crippen LogP contribution in [0.3, 0.4) is 0 Å². The van der Waals surface area contributed by atoms with E-state index in [0.717, 1.165) is 5.56 Å². The van der Waals surface area contributed by atoms with Gasteiger partial charge in [0.1, 0.15) is 4.90 Å². The molecule has 0 aliphatic heterocycles. The number of rotatable bonds is 5. The first kappa shape index (κ1) is 15.8. The number of sulfonamides is 1. The summed E-state index contributed by atoms with van der Waals surface area (Å²) in [5.41, 5.74) is 2.62. The molecule has 0 aliphatic rings. The Bertz CT molecular complexity index is 969. The average molecular weight is 337 g/mol. The van der Waals surface area contributed by atoms with Gasteiger partial charge in [0.2, 0.25) is 0 Å². The summed E-state index contributed by atoms with van der Waals surface area (Å²) in [6.07, 6.45) is 3.69. The molecule has 3 rings (SSSR count). The largest absolute Gasteiger partial charge is 0.366 e. The van der Waals surface area contributed by atoms with Crippen molar-refractivity contribution in [3.63, 3.8) is 0 Å². The van der Waals surface area contributed by atoms with Gasteiger partial charge in [0.05, 0.1) is 11.6 Å².